The molecule has 9 heteroatoms. The number of hydrogen-bond donors (Lipinski definition) is 1. The summed E-state index contributed by atoms with van der Waals surface area (Å²) < 4.78 is 37.8. The summed E-state index contributed by atoms with van der Waals surface area (Å²) in [7, 11) is -3.72. The van der Waals surface area contributed by atoms with Crippen LogP contribution in [0.5, 0.6) is 5.75 Å². The number of fused-ring (bicyclic) bond motifs is 1. The zero-order valence-electron chi connectivity index (χ0n) is 14.0. The fourth-order valence-corrected chi connectivity index (χ4v) is 4.88. The zero-order valence-corrected chi connectivity index (χ0v) is 14.8. The molecule has 2 aliphatic rings. The number of benzene rings is 1. The second-order valence-corrected chi connectivity index (χ2v) is 8.61. The molecule has 25 heavy (non-hydrogen) atoms. The molecule has 1 fully saturated rings. The van der Waals surface area contributed by atoms with Crippen LogP contribution in [0.3, 0.4) is 0 Å². The molecule has 134 valence electrons. The minimum atomic E-state index is -3.72. The number of β-amino-alcohol motifs (C(OH)–C–C–N with tert-alkyl or cyclic N) is 1. The Hall–Kier alpha value is -1.97. The van der Waals surface area contributed by atoms with Gasteiger partial charge in [0, 0.05) is 19.4 Å². The Kier molecular flexibility index (Phi) is 3.64. The number of aromatic nitrogens is 2. The monoisotopic (exact) mass is 365 g/mol. The fourth-order valence-electron chi connectivity index (χ4n) is 3.33. The molecule has 0 saturated carbocycles. The van der Waals surface area contributed by atoms with Crippen LogP contribution in [0.15, 0.2) is 27.6 Å². The van der Waals surface area contributed by atoms with Gasteiger partial charge < -0.3 is 14.4 Å². The molecule has 0 bridgehead atoms. The van der Waals surface area contributed by atoms with Crippen LogP contribution in [-0.2, 0) is 22.0 Å². The van der Waals surface area contributed by atoms with E-state index in [2.05, 4.69) is 10.1 Å². The Morgan fingerprint density at radius 2 is 2.20 bits per heavy atom. The van der Waals surface area contributed by atoms with Gasteiger partial charge in [0.25, 0.3) is 5.89 Å². The van der Waals surface area contributed by atoms with E-state index in [-0.39, 0.29) is 36.4 Å². The van der Waals surface area contributed by atoms with Crippen LogP contribution >= 0.6 is 0 Å². The summed E-state index contributed by atoms with van der Waals surface area (Å²) in [4.78, 5) is 4.25. The summed E-state index contributed by atoms with van der Waals surface area (Å²) in [5.41, 5.74) is -0.571. The van der Waals surface area contributed by atoms with Crippen molar-refractivity contribution in [2.45, 2.75) is 43.3 Å². The molecular formula is C16H19N3O5S. The standard InChI is InChI=1S/C16H19N3O5S/c1-10-7-12-8-13(3-4-14(12)23-10)25(21,22)19-6-5-16(20,9-19)15-17-11(2)18-24-15/h3-4,8,10,20H,5-7,9H2,1-2H3/t10-,16+/m0/s1. The van der Waals surface area contributed by atoms with Crippen molar-refractivity contribution in [2.75, 3.05) is 13.1 Å². The lowest BCUT2D eigenvalue weighted by molar-refractivity contribution is 0.0194. The van der Waals surface area contributed by atoms with E-state index in [1.54, 1.807) is 25.1 Å². The van der Waals surface area contributed by atoms with E-state index in [0.717, 1.165) is 11.3 Å². The van der Waals surface area contributed by atoms with Crippen LogP contribution in [0.2, 0.25) is 0 Å². The number of aryl methyl sites for hydroxylation is 1. The topological polar surface area (TPSA) is 106 Å². The highest BCUT2D eigenvalue weighted by Gasteiger charge is 2.46. The Bertz CT molecular complexity index is 926. The van der Waals surface area contributed by atoms with E-state index in [1.807, 2.05) is 6.92 Å². The van der Waals surface area contributed by atoms with Gasteiger partial charge in [-0.05, 0) is 37.6 Å². The van der Waals surface area contributed by atoms with Gasteiger partial charge in [0.05, 0.1) is 11.4 Å². The van der Waals surface area contributed by atoms with Crippen LogP contribution in [0, 0.1) is 6.92 Å². The fraction of sp³-hybridized carbons (Fsp3) is 0.500. The maximum atomic E-state index is 12.9. The molecule has 2 aliphatic heterocycles. The Balaban J connectivity index is 1.61. The molecule has 1 saturated heterocycles. The number of aliphatic hydroxyl groups is 1. The van der Waals surface area contributed by atoms with E-state index in [1.165, 1.54) is 4.31 Å². The Morgan fingerprint density at radius 3 is 2.92 bits per heavy atom. The van der Waals surface area contributed by atoms with Crippen LogP contribution in [0.25, 0.3) is 0 Å². The Labute approximate surface area is 145 Å². The lowest BCUT2D eigenvalue weighted by Gasteiger charge is -2.20. The third-order valence-corrected chi connectivity index (χ3v) is 6.48. The van der Waals surface area contributed by atoms with Crippen molar-refractivity contribution in [1.29, 1.82) is 0 Å². The van der Waals surface area contributed by atoms with E-state index in [0.29, 0.717) is 12.2 Å². The van der Waals surface area contributed by atoms with Crippen molar-refractivity contribution in [3.8, 4) is 5.75 Å². The summed E-state index contributed by atoms with van der Waals surface area (Å²) in [5, 5.41) is 14.4. The molecule has 1 aromatic carbocycles. The van der Waals surface area contributed by atoms with Crippen molar-refractivity contribution in [2.24, 2.45) is 0 Å². The SMILES string of the molecule is Cc1noc([C@@]2(O)CCN(S(=O)(=O)c3ccc4c(c3)C[C@H](C)O4)C2)n1. The number of ether oxygens (including phenoxy) is 1. The van der Waals surface area contributed by atoms with Gasteiger partial charge in [-0.15, -0.1) is 0 Å². The van der Waals surface area contributed by atoms with E-state index < -0.39 is 15.6 Å². The molecular weight excluding hydrogens is 346 g/mol. The molecule has 1 N–H and O–H groups in total. The van der Waals surface area contributed by atoms with Crippen molar-refractivity contribution in [3.63, 3.8) is 0 Å². The van der Waals surface area contributed by atoms with Gasteiger partial charge in [0.1, 0.15) is 11.9 Å². The lowest BCUT2D eigenvalue weighted by atomic mass is 10.0. The zero-order chi connectivity index (χ0) is 17.8. The third kappa shape index (κ3) is 2.72. The number of hydrogen-bond acceptors (Lipinski definition) is 7. The van der Waals surface area contributed by atoms with E-state index in [9.17, 15) is 13.5 Å². The van der Waals surface area contributed by atoms with Gasteiger partial charge in [0.15, 0.2) is 11.4 Å². The first-order valence-electron chi connectivity index (χ1n) is 8.11. The van der Waals surface area contributed by atoms with E-state index in [4.69, 9.17) is 9.26 Å². The van der Waals surface area contributed by atoms with Crippen LogP contribution < -0.4 is 4.74 Å². The summed E-state index contributed by atoms with van der Waals surface area (Å²) in [6.45, 7) is 3.67. The Morgan fingerprint density at radius 1 is 1.40 bits per heavy atom. The number of nitrogens with zero attached hydrogens (tertiary/aromatic N) is 3. The molecule has 0 aliphatic carbocycles. The van der Waals surface area contributed by atoms with Crippen molar-refractivity contribution in [1.82, 2.24) is 14.4 Å². The highest BCUT2D eigenvalue weighted by Crippen LogP contribution is 2.36. The number of sulfonamides is 1. The number of rotatable bonds is 3. The average molecular weight is 365 g/mol. The smallest absolute Gasteiger partial charge is 0.260 e. The van der Waals surface area contributed by atoms with Crippen molar-refractivity contribution >= 4 is 10.0 Å². The van der Waals surface area contributed by atoms with Crippen LogP contribution in [-0.4, -0.2) is 47.2 Å². The summed E-state index contributed by atoms with van der Waals surface area (Å²) in [5.74, 6) is 1.18. The normalized spacial score (nSPS) is 26.6. The van der Waals surface area contributed by atoms with Gasteiger partial charge in [-0.1, -0.05) is 5.16 Å². The van der Waals surface area contributed by atoms with Gasteiger partial charge in [0.2, 0.25) is 10.0 Å². The van der Waals surface area contributed by atoms with Gasteiger partial charge in [-0.25, -0.2) is 8.42 Å². The minimum absolute atomic E-state index is 0.0469. The highest BCUT2D eigenvalue weighted by atomic mass is 32.2. The van der Waals surface area contributed by atoms with Gasteiger partial charge >= 0.3 is 0 Å². The highest BCUT2D eigenvalue weighted by molar-refractivity contribution is 7.89. The second-order valence-electron chi connectivity index (χ2n) is 6.67. The molecule has 1 aromatic heterocycles. The predicted molar refractivity (Wildman–Crippen MR) is 86.5 cm³/mol. The summed E-state index contributed by atoms with van der Waals surface area (Å²) in [6.07, 6.45) is 0.939. The van der Waals surface area contributed by atoms with Gasteiger partial charge in [-0.3, -0.25) is 0 Å². The largest absolute Gasteiger partial charge is 0.490 e. The molecule has 8 nitrogen and oxygen atoms in total. The second kappa shape index (κ2) is 5.52. The predicted octanol–water partition coefficient (Wildman–Crippen LogP) is 0.984. The lowest BCUT2D eigenvalue weighted by Crippen LogP contribution is -2.34. The maximum absolute atomic E-state index is 12.9. The van der Waals surface area contributed by atoms with Crippen molar-refractivity contribution < 1.29 is 22.8 Å². The van der Waals surface area contributed by atoms with Crippen LogP contribution in [0.4, 0.5) is 0 Å². The molecule has 2 aromatic rings. The molecule has 0 spiro atoms. The molecule has 0 amide bonds. The molecule has 4 rings (SSSR count). The molecule has 2 atom stereocenters. The molecule has 3 heterocycles. The first-order valence-corrected chi connectivity index (χ1v) is 9.55. The van der Waals surface area contributed by atoms with E-state index >= 15 is 0 Å². The van der Waals surface area contributed by atoms with Crippen molar-refractivity contribution in [3.05, 3.63) is 35.5 Å². The molecule has 0 radical (unpaired) electrons. The maximum Gasteiger partial charge on any atom is 0.260 e. The summed E-state index contributed by atoms with van der Waals surface area (Å²) >= 11 is 0. The average Bonchev–Trinajstić information content (AvgIpc) is 3.24. The summed E-state index contributed by atoms with van der Waals surface area (Å²) in [6, 6.07) is 4.89. The van der Waals surface area contributed by atoms with Gasteiger partial charge in [-0.2, -0.15) is 9.29 Å². The third-order valence-electron chi connectivity index (χ3n) is 4.64. The minimum Gasteiger partial charge on any atom is -0.490 e. The quantitative estimate of drug-likeness (QED) is 0.864. The first kappa shape index (κ1) is 16.5. The first-order chi connectivity index (χ1) is 11.8. The van der Waals surface area contributed by atoms with Crippen LogP contribution in [0.1, 0.15) is 30.6 Å². The molecule has 0 unspecified atom stereocenters.